The van der Waals surface area contributed by atoms with Gasteiger partial charge in [-0.2, -0.15) is 0 Å². The van der Waals surface area contributed by atoms with Crippen molar-refractivity contribution in [3.05, 3.63) is 58.9 Å². The number of phenolic OH excluding ortho intramolecular Hbond substituents is 1. The summed E-state index contributed by atoms with van der Waals surface area (Å²) in [5.41, 5.74) is 4.50. The van der Waals surface area contributed by atoms with Crippen LogP contribution in [-0.4, -0.2) is 11.7 Å². The van der Waals surface area contributed by atoms with Gasteiger partial charge in [0.1, 0.15) is 11.6 Å². The van der Waals surface area contributed by atoms with Crippen molar-refractivity contribution in [2.24, 2.45) is 0 Å². The Bertz CT molecular complexity index is 681. The normalized spacial score (nSPS) is 20.1. The topological polar surface area (TPSA) is 23.5 Å². The van der Waals surface area contributed by atoms with Crippen LogP contribution in [0.5, 0.6) is 5.75 Å². The zero-order valence-electron chi connectivity index (χ0n) is 11.1. The second-order valence-corrected chi connectivity index (χ2v) is 5.62. The first kappa shape index (κ1) is 11.8. The van der Waals surface area contributed by atoms with Gasteiger partial charge in [0.05, 0.1) is 6.04 Å². The van der Waals surface area contributed by atoms with Gasteiger partial charge in [0.15, 0.2) is 0 Å². The first-order valence-corrected chi connectivity index (χ1v) is 7.10. The molecule has 1 atom stereocenters. The molecule has 0 bridgehead atoms. The van der Waals surface area contributed by atoms with Gasteiger partial charge in [-0.3, -0.25) is 0 Å². The Morgan fingerprint density at radius 1 is 1.15 bits per heavy atom. The van der Waals surface area contributed by atoms with Crippen molar-refractivity contribution >= 4 is 5.69 Å². The Morgan fingerprint density at radius 3 is 2.95 bits per heavy atom. The molecular weight excluding hydrogens is 253 g/mol. The summed E-state index contributed by atoms with van der Waals surface area (Å²) >= 11 is 0. The van der Waals surface area contributed by atoms with Crippen LogP contribution in [0.15, 0.2) is 36.4 Å². The minimum atomic E-state index is -0.176. The maximum atomic E-state index is 13.5. The number of phenols is 1. The lowest BCUT2D eigenvalue weighted by Gasteiger charge is -2.28. The lowest BCUT2D eigenvalue weighted by molar-refractivity contribution is 0.469. The van der Waals surface area contributed by atoms with Gasteiger partial charge >= 0.3 is 0 Å². The van der Waals surface area contributed by atoms with Crippen LogP contribution in [0.4, 0.5) is 10.1 Å². The van der Waals surface area contributed by atoms with E-state index in [1.165, 1.54) is 17.2 Å². The molecule has 2 aliphatic rings. The summed E-state index contributed by atoms with van der Waals surface area (Å²) in [4.78, 5) is 2.30. The van der Waals surface area contributed by atoms with Crippen molar-refractivity contribution in [2.75, 3.05) is 11.4 Å². The summed E-state index contributed by atoms with van der Waals surface area (Å²) in [5.74, 6) is 0.216. The van der Waals surface area contributed by atoms with E-state index in [9.17, 15) is 9.50 Å². The van der Waals surface area contributed by atoms with E-state index in [0.717, 1.165) is 37.1 Å². The molecule has 0 fully saturated rings. The molecule has 0 spiro atoms. The molecule has 1 aliphatic heterocycles. The summed E-state index contributed by atoms with van der Waals surface area (Å²) in [6.07, 6.45) is 2.86. The van der Waals surface area contributed by atoms with Crippen molar-refractivity contribution in [2.45, 2.75) is 25.3 Å². The third-order valence-electron chi connectivity index (χ3n) is 4.57. The van der Waals surface area contributed by atoms with Crippen LogP contribution in [0.2, 0.25) is 0 Å². The highest BCUT2D eigenvalue weighted by Crippen LogP contribution is 2.44. The number of hydrogen-bond acceptors (Lipinski definition) is 2. The van der Waals surface area contributed by atoms with Crippen LogP contribution in [0.25, 0.3) is 0 Å². The van der Waals surface area contributed by atoms with E-state index >= 15 is 0 Å². The predicted octanol–water partition coefficient (Wildman–Crippen LogP) is 3.58. The molecule has 2 nitrogen and oxygen atoms in total. The standard InChI is InChI=1S/C17H16FNO/c18-12-5-4-11-8-9-19(16(11)10-12)15-7-6-14-13(15)2-1-3-17(14)20/h1-5,10,15,20H,6-9H2. The molecule has 1 N–H and O–H groups in total. The van der Waals surface area contributed by atoms with Gasteiger partial charge < -0.3 is 10.0 Å². The van der Waals surface area contributed by atoms with Crippen molar-refractivity contribution in [1.82, 2.24) is 0 Å². The van der Waals surface area contributed by atoms with Crippen LogP contribution in [-0.2, 0) is 12.8 Å². The smallest absolute Gasteiger partial charge is 0.125 e. The van der Waals surface area contributed by atoms with Gasteiger partial charge in [-0.1, -0.05) is 18.2 Å². The number of aromatic hydroxyl groups is 1. The van der Waals surface area contributed by atoms with Crippen LogP contribution in [0.1, 0.15) is 29.2 Å². The van der Waals surface area contributed by atoms with E-state index in [1.807, 2.05) is 12.1 Å². The summed E-state index contributed by atoms with van der Waals surface area (Å²) in [5, 5.41) is 9.95. The van der Waals surface area contributed by atoms with Gasteiger partial charge in [0, 0.05) is 12.2 Å². The van der Waals surface area contributed by atoms with E-state index in [4.69, 9.17) is 0 Å². The average Bonchev–Trinajstić information content (AvgIpc) is 3.02. The largest absolute Gasteiger partial charge is 0.508 e. The third-order valence-corrected chi connectivity index (χ3v) is 4.57. The Hall–Kier alpha value is -2.03. The lowest BCUT2D eigenvalue weighted by Crippen LogP contribution is -2.25. The molecule has 1 heterocycles. The first-order chi connectivity index (χ1) is 9.74. The van der Waals surface area contributed by atoms with Crippen LogP contribution >= 0.6 is 0 Å². The minimum Gasteiger partial charge on any atom is -0.508 e. The Morgan fingerprint density at radius 2 is 2.05 bits per heavy atom. The first-order valence-electron chi connectivity index (χ1n) is 7.10. The Kier molecular flexibility index (Phi) is 2.49. The van der Waals surface area contributed by atoms with E-state index < -0.39 is 0 Å². The number of benzene rings is 2. The molecular formula is C17H16FNO. The molecule has 0 saturated carbocycles. The fourth-order valence-electron chi connectivity index (χ4n) is 3.64. The highest BCUT2D eigenvalue weighted by Gasteiger charge is 2.33. The van der Waals surface area contributed by atoms with Gasteiger partial charge in [-0.25, -0.2) is 4.39 Å². The lowest BCUT2D eigenvalue weighted by atomic mass is 10.1. The number of hydrogen-bond donors (Lipinski definition) is 1. The van der Waals surface area contributed by atoms with Crippen molar-refractivity contribution in [3.8, 4) is 5.75 Å². The van der Waals surface area contributed by atoms with E-state index in [0.29, 0.717) is 5.75 Å². The summed E-state index contributed by atoms with van der Waals surface area (Å²) in [7, 11) is 0. The monoisotopic (exact) mass is 269 g/mol. The van der Waals surface area contributed by atoms with Gasteiger partial charge in [-0.15, -0.1) is 0 Å². The molecule has 0 amide bonds. The molecule has 0 saturated heterocycles. The van der Waals surface area contributed by atoms with Crippen LogP contribution in [0.3, 0.4) is 0 Å². The predicted molar refractivity (Wildman–Crippen MR) is 76.6 cm³/mol. The zero-order valence-corrected chi connectivity index (χ0v) is 11.1. The fraction of sp³-hybridized carbons (Fsp3) is 0.294. The van der Waals surface area contributed by atoms with Crippen LogP contribution in [0, 0.1) is 5.82 Å². The number of nitrogens with zero attached hydrogens (tertiary/aromatic N) is 1. The van der Waals surface area contributed by atoms with Gasteiger partial charge in [-0.05, 0) is 54.2 Å². The average molecular weight is 269 g/mol. The molecule has 102 valence electrons. The minimum absolute atomic E-state index is 0.176. The third kappa shape index (κ3) is 1.62. The van der Waals surface area contributed by atoms with Gasteiger partial charge in [0.25, 0.3) is 0 Å². The second kappa shape index (κ2) is 4.23. The maximum Gasteiger partial charge on any atom is 0.125 e. The highest BCUT2D eigenvalue weighted by molar-refractivity contribution is 5.61. The summed E-state index contributed by atoms with van der Waals surface area (Å²) in [6, 6.07) is 11.1. The van der Waals surface area contributed by atoms with Crippen molar-refractivity contribution < 1.29 is 9.50 Å². The zero-order chi connectivity index (χ0) is 13.7. The molecule has 4 rings (SSSR count). The summed E-state index contributed by atoms with van der Waals surface area (Å²) < 4.78 is 13.5. The number of anilines is 1. The molecule has 0 aromatic heterocycles. The van der Waals surface area contributed by atoms with Crippen LogP contribution < -0.4 is 4.90 Å². The van der Waals surface area contributed by atoms with Crippen molar-refractivity contribution in [3.63, 3.8) is 0 Å². The molecule has 20 heavy (non-hydrogen) atoms. The Balaban J connectivity index is 1.76. The van der Waals surface area contributed by atoms with Crippen molar-refractivity contribution in [1.29, 1.82) is 0 Å². The quantitative estimate of drug-likeness (QED) is 0.855. The molecule has 0 radical (unpaired) electrons. The molecule has 3 heteroatoms. The molecule has 2 aromatic rings. The molecule has 1 aliphatic carbocycles. The highest BCUT2D eigenvalue weighted by atomic mass is 19.1. The SMILES string of the molecule is Oc1cccc2c1CCC2N1CCc2ccc(F)cc21. The Labute approximate surface area is 117 Å². The van der Waals surface area contributed by atoms with E-state index in [-0.39, 0.29) is 11.9 Å². The second-order valence-electron chi connectivity index (χ2n) is 5.62. The number of rotatable bonds is 1. The summed E-state index contributed by atoms with van der Waals surface area (Å²) in [6.45, 7) is 0.929. The fourth-order valence-corrected chi connectivity index (χ4v) is 3.64. The molecule has 2 aromatic carbocycles. The van der Waals surface area contributed by atoms with Gasteiger partial charge in [0.2, 0.25) is 0 Å². The number of fused-ring (bicyclic) bond motifs is 2. The van der Waals surface area contributed by atoms with E-state index in [1.54, 1.807) is 12.1 Å². The number of halogens is 1. The van der Waals surface area contributed by atoms with E-state index in [2.05, 4.69) is 11.0 Å². The maximum absolute atomic E-state index is 13.5. The molecule has 1 unspecified atom stereocenters.